The Hall–Kier alpha value is -2.00. The topological polar surface area (TPSA) is 105 Å². The van der Waals surface area contributed by atoms with Crippen LogP contribution in [0.2, 0.25) is 0 Å². The summed E-state index contributed by atoms with van der Waals surface area (Å²) in [5.41, 5.74) is 3.44. The van der Waals surface area contributed by atoms with E-state index >= 15 is 0 Å². The molecule has 20 heavy (non-hydrogen) atoms. The van der Waals surface area contributed by atoms with E-state index in [1.165, 1.54) is 0 Å². The summed E-state index contributed by atoms with van der Waals surface area (Å²) in [5.74, 6) is 6.67. The van der Waals surface area contributed by atoms with Crippen molar-refractivity contribution in [1.82, 2.24) is 19.9 Å². The molecule has 108 valence electrons. The largest absolute Gasteiger partial charge is 0.347 e. The van der Waals surface area contributed by atoms with Gasteiger partial charge in [-0.2, -0.15) is 15.0 Å². The van der Waals surface area contributed by atoms with Crippen LogP contribution in [0.4, 0.5) is 17.8 Å². The number of hydrogen-bond donors (Lipinski definition) is 3. The van der Waals surface area contributed by atoms with Crippen molar-refractivity contribution in [2.75, 3.05) is 29.7 Å². The van der Waals surface area contributed by atoms with Crippen molar-refractivity contribution in [2.24, 2.45) is 5.84 Å². The molecule has 4 N–H and O–H groups in total. The van der Waals surface area contributed by atoms with Crippen LogP contribution >= 0.6 is 11.3 Å². The molecule has 0 aliphatic heterocycles. The molecule has 2 aromatic rings. The number of nitrogen functional groups attached to an aromatic ring is 1. The van der Waals surface area contributed by atoms with Crippen LogP contribution in [0.1, 0.15) is 23.7 Å². The van der Waals surface area contributed by atoms with Crippen LogP contribution < -0.4 is 21.5 Å². The number of hydrazine groups is 1. The summed E-state index contributed by atoms with van der Waals surface area (Å²) in [6, 6.07) is 0.0109. The lowest BCUT2D eigenvalue weighted by Gasteiger charge is -2.15. The van der Waals surface area contributed by atoms with Gasteiger partial charge in [-0.3, -0.25) is 5.43 Å². The maximum atomic E-state index is 5.37. The van der Waals surface area contributed by atoms with Crippen molar-refractivity contribution in [1.29, 1.82) is 0 Å². The minimum atomic E-state index is 0.0109. The summed E-state index contributed by atoms with van der Waals surface area (Å²) < 4.78 is 0. The van der Waals surface area contributed by atoms with Crippen LogP contribution in [0.25, 0.3) is 0 Å². The quantitative estimate of drug-likeness (QED) is 0.557. The van der Waals surface area contributed by atoms with Crippen molar-refractivity contribution < 1.29 is 0 Å². The van der Waals surface area contributed by atoms with Gasteiger partial charge in [-0.15, -0.1) is 11.3 Å². The lowest BCUT2D eigenvalue weighted by molar-refractivity contribution is 0.833. The zero-order chi connectivity index (χ0) is 14.7. The first-order valence-corrected chi connectivity index (χ1v) is 6.96. The SMILES string of the molecule is Cc1csc(C(C)Nc2nc(NN)nc(N(C)C)n2)n1. The molecule has 0 saturated carbocycles. The second-order valence-corrected chi connectivity index (χ2v) is 5.40. The predicted molar refractivity (Wildman–Crippen MR) is 80.9 cm³/mol. The van der Waals surface area contributed by atoms with Gasteiger partial charge in [0.25, 0.3) is 0 Å². The summed E-state index contributed by atoms with van der Waals surface area (Å²) in [6.45, 7) is 3.98. The van der Waals surface area contributed by atoms with Crippen LogP contribution in [0.3, 0.4) is 0 Å². The van der Waals surface area contributed by atoms with Crippen molar-refractivity contribution in [3.63, 3.8) is 0 Å². The van der Waals surface area contributed by atoms with Crippen LogP contribution in [0, 0.1) is 6.92 Å². The summed E-state index contributed by atoms with van der Waals surface area (Å²) in [4.78, 5) is 18.9. The summed E-state index contributed by atoms with van der Waals surface area (Å²) in [6.07, 6.45) is 0. The van der Waals surface area contributed by atoms with Crippen molar-refractivity contribution in [3.8, 4) is 0 Å². The molecule has 2 heterocycles. The fourth-order valence-corrected chi connectivity index (χ4v) is 2.32. The van der Waals surface area contributed by atoms with Crippen molar-refractivity contribution in [2.45, 2.75) is 19.9 Å². The molecule has 0 radical (unpaired) electrons. The van der Waals surface area contributed by atoms with E-state index in [0.29, 0.717) is 17.8 Å². The zero-order valence-electron chi connectivity index (χ0n) is 11.9. The van der Waals surface area contributed by atoms with Gasteiger partial charge in [0, 0.05) is 25.2 Å². The van der Waals surface area contributed by atoms with E-state index < -0.39 is 0 Å². The highest BCUT2D eigenvalue weighted by molar-refractivity contribution is 7.09. The molecule has 0 saturated heterocycles. The smallest absolute Gasteiger partial charge is 0.243 e. The lowest BCUT2D eigenvalue weighted by atomic mass is 10.3. The van der Waals surface area contributed by atoms with E-state index in [4.69, 9.17) is 5.84 Å². The first-order chi connectivity index (χ1) is 9.49. The minimum Gasteiger partial charge on any atom is -0.347 e. The molecule has 0 fully saturated rings. The van der Waals surface area contributed by atoms with E-state index in [1.54, 1.807) is 16.2 Å². The summed E-state index contributed by atoms with van der Waals surface area (Å²) >= 11 is 1.60. The highest BCUT2D eigenvalue weighted by Crippen LogP contribution is 2.21. The molecular formula is C11H18N8S. The van der Waals surface area contributed by atoms with E-state index in [0.717, 1.165) is 10.7 Å². The Morgan fingerprint density at radius 3 is 2.45 bits per heavy atom. The number of nitrogens with one attached hydrogen (secondary N) is 2. The Balaban J connectivity index is 2.21. The van der Waals surface area contributed by atoms with Gasteiger partial charge in [0.2, 0.25) is 17.8 Å². The van der Waals surface area contributed by atoms with Crippen LogP contribution in [0.15, 0.2) is 5.38 Å². The number of rotatable bonds is 5. The highest BCUT2D eigenvalue weighted by atomic mass is 32.1. The van der Waals surface area contributed by atoms with Crippen LogP contribution in [0.5, 0.6) is 0 Å². The van der Waals surface area contributed by atoms with Crippen molar-refractivity contribution in [3.05, 3.63) is 16.1 Å². The van der Waals surface area contributed by atoms with Gasteiger partial charge in [-0.25, -0.2) is 10.8 Å². The zero-order valence-corrected chi connectivity index (χ0v) is 12.7. The number of hydrogen-bond acceptors (Lipinski definition) is 9. The normalized spacial score (nSPS) is 12.1. The molecule has 8 nitrogen and oxygen atoms in total. The average Bonchev–Trinajstić information content (AvgIpc) is 2.85. The van der Waals surface area contributed by atoms with Crippen LogP contribution in [-0.2, 0) is 0 Å². The number of aromatic nitrogens is 4. The summed E-state index contributed by atoms with van der Waals surface area (Å²) in [7, 11) is 3.71. The average molecular weight is 294 g/mol. The van der Waals surface area contributed by atoms with E-state index in [9.17, 15) is 0 Å². The second kappa shape index (κ2) is 5.97. The molecule has 0 aliphatic carbocycles. The molecule has 9 heteroatoms. The first kappa shape index (κ1) is 14.4. The monoisotopic (exact) mass is 294 g/mol. The maximum absolute atomic E-state index is 5.37. The maximum Gasteiger partial charge on any atom is 0.243 e. The first-order valence-electron chi connectivity index (χ1n) is 6.08. The number of nitrogens with two attached hydrogens (primary N) is 1. The van der Waals surface area contributed by atoms with Gasteiger partial charge in [0.05, 0.1) is 6.04 Å². The fraction of sp³-hybridized carbons (Fsp3) is 0.455. The molecule has 0 aliphatic rings. The van der Waals surface area contributed by atoms with E-state index in [2.05, 4.69) is 30.7 Å². The van der Waals surface area contributed by atoms with Gasteiger partial charge < -0.3 is 10.2 Å². The molecule has 2 rings (SSSR count). The third-order valence-corrected chi connectivity index (χ3v) is 3.65. The second-order valence-electron chi connectivity index (χ2n) is 4.51. The number of anilines is 3. The molecule has 1 unspecified atom stereocenters. The molecule has 0 amide bonds. The molecule has 0 aromatic carbocycles. The van der Waals surface area contributed by atoms with Crippen LogP contribution in [-0.4, -0.2) is 34.0 Å². The Labute approximate surface area is 121 Å². The van der Waals surface area contributed by atoms with Gasteiger partial charge in [-0.1, -0.05) is 0 Å². The molecule has 0 bridgehead atoms. The number of nitrogens with zero attached hydrogens (tertiary/aromatic N) is 5. The van der Waals surface area contributed by atoms with E-state index in [-0.39, 0.29) is 6.04 Å². The predicted octanol–water partition coefficient (Wildman–Crippen LogP) is 1.16. The van der Waals surface area contributed by atoms with Gasteiger partial charge >= 0.3 is 0 Å². The minimum absolute atomic E-state index is 0.0109. The standard InChI is InChI=1S/C11H18N8S/c1-6-5-20-8(13-6)7(2)14-9-15-10(18-12)17-11(16-9)19(3)4/h5,7H,12H2,1-4H3,(H2,14,15,16,17,18). The number of thiazole rings is 1. The number of aryl methyl sites for hydroxylation is 1. The Morgan fingerprint density at radius 2 is 1.90 bits per heavy atom. The fourth-order valence-electron chi connectivity index (χ4n) is 1.52. The van der Waals surface area contributed by atoms with Gasteiger partial charge in [0.15, 0.2) is 0 Å². The third-order valence-electron chi connectivity index (χ3n) is 2.51. The molecule has 1 atom stereocenters. The molecule has 2 aromatic heterocycles. The third kappa shape index (κ3) is 3.31. The highest BCUT2D eigenvalue weighted by Gasteiger charge is 2.13. The van der Waals surface area contributed by atoms with Crippen molar-refractivity contribution >= 4 is 29.2 Å². The summed E-state index contributed by atoms with van der Waals surface area (Å²) in [5, 5.41) is 6.20. The Bertz CT molecular complexity index is 582. The van der Waals surface area contributed by atoms with Gasteiger partial charge in [-0.05, 0) is 13.8 Å². The Morgan fingerprint density at radius 1 is 1.20 bits per heavy atom. The van der Waals surface area contributed by atoms with Gasteiger partial charge in [0.1, 0.15) is 5.01 Å². The molecular weight excluding hydrogens is 276 g/mol. The Kier molecular flexibility index (Phi) is 4.30. The molecule has 0 spiro atoms. The lowest BCUT2D eigenvalue weighted by Crippen LogP contribution is -2.19. The van der Waals surface area contributed by atoms with E-state index in [1.807, 2.05) is 33.3 Å².